The topological polar surface area (TPSA) is 97.0 Å². The Labute approximate surface area is 245 Å². The van der Waals surface area contributed by atoms with Crippen molar-refractivity contribution in [3.8, 4) is 17.2 Å². The summed E-state index contributed by atoms with van der Waals surface area (Å²) in [6.45, 7) is 1.88. The fourth-order valence-corrected chi connectivity index (χ4v) is 7.53. The van der Waals surface area contributed by atoms with Gasteiger partial charge in [-0.05, 0) is 73.0 Å². The number of methoxy groups -OCH3 is 1. The second kappa shape index (κ2) is 13.3. The molecule has 2 heterocycles. The van der Waals surface area contributed by atoms with Crippen molar-refractivity contribution in [2.75, 3.05) is 20.2 Å². The van der Waals surface area contributed by atoms with Gasteiger partial charge in [-0.2, -0.15) is 4.31 Å². The Kier molecular flexibility index (Phi) is 9.35. The highest BCUT2D eigenvalue weighted by atomic mass is 32.2. The molecule has 0 unspecified atom stereocenters. The van der Waals surface area contributed by atoms with E-state index in [0.717, 1.165) is 34.8 Å². The van der Waals surface area contributed by atoms with E-state index in [1.54, 1.807) is 47.8 Å². The summed E-state index contributed by atoms with van der Waals surface area (Å²) in [5.74, 6) is 1.95. The molecule has 10 heteroatoms. The number of piperidine rings is 1. The molecule has 0 saturated carbocycles. The monoisotopic (exact) mass is 591 g/mol. The van der Waals surface area contributed by atoms with E-state index < -0.39 is 10.0 Å². The molecule has 1 fully saturated rings. The first kappa shape index (κ1) is 28.8. The van der Waals surface area contributed by atoms with E-state index in [4.69, 9.17) is 9.47 Å². The third-order valence-electron chi connectivity index (χ3n) is 6.94. The lowest BCUT2D eigenvalue weighted by molar-refractivity contribution is 0.0951. The van der Waals surface area contributed by atoms with Crippen molar-refractivity contribution < 1.29 is 22.7 Å². The highest BCUT2D eigenvalue weighted by Crippen LogP contribution is 2.28. The second-order valence-electron chi connectivity index (χ2n) is 9.75. The molecule has 1 saturated heterocycles. The summed E-state index contributed by atoms with van der Waals surface area (Å²) in [4.78, 5) is 13.3. The minimum Gasteiger partial charge on any atom is -0.497 e. The van der Waals surface area contributed by atoms with Crippen LogP contribution in [0.4, 0.5) is 0 Å². The van der Waals surface area contributed by atoms with Crippen molar-refractivity contribution in [1.82, 2.24) is 14.9 Å². The van der Waals surface area contributed by atoms with Gasteiger partial charge in [0, 0.05) is 36.1 Å². The lowest BCUT2D eigenvalue weighted by Gasteiger charge is -2.31. The largest absolute Gasteiger partial charge is 0.497 e. The third kappa shape index (κ3) is 7.53. The summed E-state index contributed by atoms with van der Waals surface area (Å²) < 4.78 is 39.4. The highest BCUT2D eigenvalue weighted by molar-refractivity contribution is 7.91. The van der Waals surface area contributed by atoms with Crippen LogP contribution in [-0.4, -0.2) is 44.9 Å². The smallest absolute Gasteiger partial charge is 0.252 e. The molecular weight excluding hydrogens is 558 g/mol. The van der Waals surface area contributed by atoms with Crippen molar-refractivity contribution in [3.05, 3.63) is 107 Å². The van der Waals surface area contributed by atoms with E-state index in [2.05, 4.69) is 10.6 Å². The zero-order valence-corrected chi connectivity index (χ0v) is 24.4. The van der Waals surface area contributed by atoms with E-state index >= 15 is 0 Å². The van der Waals surface area contributed by atoms with Crippen LogP contribution in [0.5, 0.6) is 17.2 Å². The number of hydrogen-bond acceptors (Lipinski definition) is 7. The zero-order chi connectivity index (χ0) is 28.7. The molecule has 5 rings (SSSR count). The summed E-state index contributed by atoms with van der Waals surface area (Å²) in [6.07, 6.45) is 1.48. The van der Waals surface area contributed by atoms with Crippen molar-refractivity contribution >= 4 is 27.3 Å². The number of carbonyl (C=O) groups is 1. The van der Waals surface area contributed by atoms with E-state index in [0.29, 0.717) is 35.2 Å². The first-order chi connectivity index (χ1) is 19.9. The number of thiophene rings is 1. The normalized spacial score (nSPS) is 14.5. The Bertz CT molecular complexity index is 1550. The molecule has 0 spiro atoms. The van der Waals surface area contributed by atoms with Crippen molar-refractivity contribution in [3.63, 3.8) is 0 Å². The number of rotatable bonds is 11. The van der Waals surface area contributed by atoms with Gasteiger partial charge in [-0.25, -0.2) is 8.42 Å². The molecule has 214 valence electrons. The van der Waals surface area contributed by atoms with Crippen LogP contribution in [-0.2, 0) is 23.1 Å². The summed E-state index contributed by atoms with van der Waals surface area (Å²) in [6, 6.07) is 28.2. The Morgan fingerprint density at radius 1 is 0.878 bits per heavy atom. The molecule has 1 aliphatic heterocycles. The zero-order valence-electron chi connectivity index (χ0n) is 22.8. The lowest BCUT2D eigenvalue weighted by atomic mass is 10.1. The van der Waals surface area contributed by atoms with Crippen molar-refractivity contribution in [2.24, 2.45) is 0 Å². The molecule has 0 radical (unpaired) electrons. The molecule has 8 nitrogen and oxygen atoms in total. The van der Waals surface area contributed by atoms with E-state index in [1.165, 1.54) is 11.3 Å². The van der Waals surface area contributed by atoms with E-state index in [9.17, 15) is 13.2 Å². The molecule has 2 N–H and O–H groups in total. The lowest BCUT2D eigenvalue weighted by Crippen LogP contribution is -2.44. The summed E-state index contributed by atoms with van der Waals surface area (Å²) >= 11 is 1.19. The first-order valence-corrected chi connectivity index (χ1v) is 15.7. The Hall–Kier alpha value is -3.70. The van der Waals surface area contributed by atoms with Crippen LogP contribution in [0.3, 0.4) is 0 Å². The van der Waals surface area contributed by atoms with Gasteiger partial charge in [0.15, 0.2) is 0 Å². The van der Waals surface area contributed by atoms with Crippen LogP contribution in [0, 0.1) is 0 Å². The molecule has 1 aliphatic rings. The highest BCUT2D eigenvalue weighted by Gasteiger charge is 2.30. The van der Waals surface area contributed by atoms with Gasteiger partial charge in [0.1, 0.15) is 21.5 Å². The molecule has 1 amide bonds. The number of sulfonamides is 1. The van der Waals surface area contributed by atoms with Crippen molar-refractivity contribution in [1.29, 1.82) is 0 Å². The predicted octanol–water partition coefficient (Wildman–Crippen LogP) is 5.42. The summed E-state index contributed by atoms with van der Waals surface area (Å²) in [7, 11) is -2.03. The summed E-state index contributed by atoms with van der Waals surface area (Å²) in [5.41, 5.74) is 1.63. The van der Waals surface area contributed by atoms with Crippen LogP contribution < -0.4 is 20.1 Å². The van der Waals surface area contributed by atoms with E-state index in [1.807, 2.05) is 54.6 Å². The minimum atomic E-state index is -3.58. The average molecular weight is 592 g/mol. The average Bonchev–Trinajstić information content (AvgIpc) is 3.50. The van der Waals surface area contributed by atoms with Gasteiger partial charge in [-0.3, -0.25) is 4.79 Å². The standard InChI is InChI=1S/C31H33N3O5S2/c1-38-28-9-5-6-24(20-28)31(35)33-22-29-14-15-30(40-29)41(36,37)34-18-16-25(17-19-34)32-21-23-10-12-27(13-11-23)39-26-7-3-2-4-8-26/h2-15,20,25,32H,16-19,21-22H2,1H3,(H,33,35). The van der Waals surface area contributed by atoms with Crippen molar-refractivity contribution in [2.45, 2.75) is 36.2 Å². The number of nitrogens with zero attached hydrogens (tertiary/aromatic N) is 1. The van der Waals surface area contributed by atoms with Gasteiger partial charge in [0.2, 0.25) is 0 Å². The Morgan fingerprint density at radius 2 is 1.59 bits per heavy atom. The molecule has 0 bridgehead atoms. The molecule has 3 aromatic carbocycles. The van der Waals surface area contributed by atoms with Gasteiger partial charge in [-0.1, -0.05) is 36.4 Å². The van der Waals surface area contributed by atoms with Crippen LogP contribution in [0.25, 0.3) is 0 Å². The summed E-state index contributed by atoms with van der Waals surface area (Å²) in [5, 5.41) is 6.41. The molecule has 4 aromatic rings. The quantitative estimate of drug-likeness (QED) is 0.242. The van der Waals surface area contributed by atoms with Gasteiger partial charge in [0.25, 0.3) is 15.9 Å². The molecular formula is C31H33N3O5S2. The first-order valence-electron chi connectivity index (χ1n) is 13.5. The van der Waals surface area contributed by atoms with E-state index in [-0.39, 0.29) is 18.5 Å². The number of carbonyl (C=O) groups excluding carboxylic acids is 1. The van der Waals surface area contributed by atoms with Crippen LogP contribution >= 0.6 is 11.3 Å². The maximum absolute atomic E-state index is 13.3. The maximum atomic E-state index is 13.3. The van der Waals surface area contributed by atoms with Crippen LogP contribution in [0.2, 0.25) is 0 Å². The fraction of sp³-hybridized carbons (Fsp3) is 0.258. The van der Waals surface area contributed by atoms with Crippen LogP contribution in [0.1, 0.15) is 33.6 Å². The number of amides is 1. The Morgan fingerprint density at radius 3 is 2.32 bits per heavy atom. The maximum Gasteiger partial charge on any atom is 0.252 e. The molecule has 0 aliphatic carbocycles. The number of hydrogen-bond donors (Lipinski definition) is 2. The van der Waals surface area contributed by atoms with Gasteiger partial charge in [0.05, 0.1) is 13.7 Å². The minimum absolute atomic E-state index is 0.243. The van der Waals surface area contributed by atoms with Gasteiger partial charge in [-0.15, -0.1) is 11.3 Å². The third-order valence-corrected chi connectivity index (χ3v) is 10.4. The SMILES string of the molecule is COc1cccc(C(=O)NCc2ccc(S(=O)(=O)N3CCC(NCc4ccc(Oc5ccccc5)cc4)CC3)s2)c1. The van der Waals surface area contributed by atoms with Crippen LogP contribution in [0.15, 0.2) is 95.2 Å². The molecule has 41 heavy (non-hydrogen) atoms. The molecule has 0 atom stereocenters. The number of para-hydroxylation sites is 1. The number of benzene rings is 3. The fourth-order valence-electron chi connectivity index (χ4n) is 4.62. The van der Waals surface area contributed by atoms with Gasteiger partial charge >= 0.3 is 0 Å². The van der Waals surface area contributed by atoms with Gasteiger partial charge < -0.3 is 20.1 Å². The predicted molar refractivity (Wildman–Crippen MR) is 160 cm³/mol. The number of nitrogens with one attached hydrogen (secondary N) is 2. The Balaban J connectivity index is 1.08. The second-order valence-corrected chi connectivity index (χ2v) is 13.1. The number of ether oxygens (including phenoxy) is 2. The molecule has 1 aromatic heterocycles.